The fourth-order valence-corrected chi connectivity index (χ4v) is 5.67. The first-order valence-electron chi connectivity index (χ1n) is 14.3. The third-order valence-electron chi connectivity index (χ3n) is 7.44. The Morgan fingerprint density at radius 2 is 1.91 bits per heavy atom. The van der Waals surface area contributed by atoms with Gasteiger partial charge in [-0.05, 0) is 86.6 Å². The minimum atomic E-state index is -4.56. The summed E-state index contributed by atoms with van der Waals surface area (Å²) in [6.45, 7) is 10.7. The maximum atomic E-state index is 13.8. The number of rotatable bonds is 9. The molecule has 234 valence electrons. The van der Waals surface area contributed by atoms with Gasteiger partial charge in [0.2, 0.25) is 5.88 Å². The number of allylic oxidation sites excluding steroid dienone is 3. The summed E-state index contributed by atoms with van der Waals surface area (Å²) in [7, 11) is 2.02. The third kappa shape index (κ3) is 7.83. The number of aliphatic imine (C=N–C) groups is 1. The van der Waals surface area contributed by atoms with E-state index in [9.17, 15) is 18.0 Å². The van der Waals surface area contributed by atoms with Crippen LogP contribution in [0.2, 0.25) is 0 Å². The SMILES string of the molecule is C=N/C=C\C(=C/C)c1nc(Oc2cc(C(=O)Nc3cc(CN4CCN(C)CC4)cc(C(F)(F)F)c3)ccc2C)c2sccc2n1. The van der Waals surface area contributed by atoms with Crippen LogP contribution in [0.3, 0.4) is 0 Å². The fourth-order valence-electron chi connectivity index (χ4n) is 4.91. The molecule has 0 aliphatic carbocycles. The van der Waals surface area contributed by atoms with Gasteiger partial charge in [-0.1, -0.05) is 12.1 Å². The van der Waals surface area contributed by atoms with E-state index in [0.717, 1.165) is 54.1 Å². The molecule has 45 heavy (non-hydrogen) atoms. The van der Waals surface area contributed by atoms with Gasteiger partial charge in [0, 0.05) is 55.7 Å². The van der Waals surface area contributed by atoms with Gasteiger partial charge < -0.3 is 15.0 Å². The van der Waals surface area contributed by atoms with Crippen LogP contribution >= 0.6 is 11.3 Å². The van der Waals surface area contributed by atoms with Crippen LogP contribution in [0.4, 0.5) is 18.9 Å². The van der Waals surface area contributed by atoms with E-state index in [-0.39, 0.29) is 11.3 Å². The smallest absolute Gasteiger partial charge is 0.416 e. The Bertz CT molecular complexity index is 1770. The first-order valence-corrected chi connectivity index (χ1v) is 15.2. The Hall–Kier alpha value is -4.39. The monoisotopic (exact) mass is 634 g/mol. The molecule has 0 spiro atoms. The molecule has 0 bridgehead atoms. The van der Waals surface area contributed by atoms with E-state index in [1.807, 2.05) is 38.4 Å². The molecule has 12 heteroatoms. The fraction of sp³-hybridized carbons (Fsp3) is 0.273. The molecule has 1 N–H and O–H groups in total. The van der Waals surface area contributed by atoms with Crippen molar-refractivity contribution in [1.29, 1.82) is 0 Å². The lowest BCUT2D eigenvalue weighted by Gasteiger charge is -2.32. The molecular formula is C33H33F3N6O2S. The van der Waals surface area contributed by atoms with Crippen molar-refractivity contribution in [2.45, 2.75) is 26.6 Å². The maximum absolute atomic E-state index is 13.8. The molecule has 3 heterocycles. The maximum Gasteiger partial charge on any atom is 0.416 e. The van der Waals surface area contributed by atoms with E-state index in [1.54, 1.807) is 36.5 Å². The number of carbonyl (C=O) groups is 1. The molecule has 1 saturated heterocycles. The van der Waals surface area contributed by atoms with Crippen LogP contribution < -0.4 is 10.1 Å². The topological polar surface area (TPSA) is 83.0 Å². The zero-order valence-electron chi connectivity index (χ0n) is 25.2. The summed E-state index contributed by atoms with van der Waals surface area (Å²) >= 11 is 1.42. The number of aryl methyl sites for hydroxylation is 1. The van der Waals surface area contributed by atoms with Gasteiger partial charge in [0.05, 0.1) is 11.1 Å². The molecule has 2 aromatic heterocycles. The highest BCUT2D eigenvalue weighted by molar-refractivity contribution is 7.17. The minimum Gasteiger partial charge on any atom is -0.437 e. The Morgan fingerprint density at radius 3 is 2.62 bits per heavy atom. The summed E-state index contributed by atoms with van der Waals surface area (Å²) in [5.41, 5.74) is 2.13. The van der Waals surface area contributed by atoms with E-state index in [1.165, 1.54) is 11.3 Å². The molecule has 8 nitrogen and oxygen atoms in total. The molecule has 1 fully saturated rings. The molecule has 2 aromatic carbocycles. The van der Waals surface area contributed by atoms with E-state index in [4.69, 9.17) is 4.74 Å². The number of ether oxygens (including phenoxy) is 1. The van der Waals surface area contributed by atoms with Gasteiger partial charge in [0.15, 0.2) is 5.82 Å². The lowest BCUT2D eigenvalue weighted by atomic mass is 10.1. The van der Waals surface area contributed by atoms with Gasteiger partial charge in [0.25, 0.3) is 5.91 Å². The predicted molar refractivity (Wildman–Crippen MR) is 173 cm³/mol. The first kappa shape index (κ1) is 32.0. The molecule has 1 aliphatic rings. The highest BCUT2D eigenvalue weighted by Gasteiger charge is 2.31. The van der Waals surface area contributed by atoms with Gasteiger partial charge in [-0.3, -0.25) is 14.7 Å². The van der Waals surface area contributed by atoms with Crippen molar-refractivity contribution in [2.75, 3.05) is 38.5 Å². The van der Waals surface area contributed by atoms with Crippen LogP contribution in [0.15, 0.2) is 71.2 Å². The van der Waals surface area contributed by atoms with E-state index < -0.39 is 17.6 Å². The number of nitrogens with zero attached hydrogens (tertiary/aromatic N) is 5. The second kappa shape index (κ2) is 13.7. The highest BCUT2D eigenvalue weighted by atomic mass is 32.1. The third-order valence-corrected chi connectivity index (χ3v) is 8.33. The number of fused-ring (bicyclic) bond motifs is 1. The van der Waals surface area contributed by atoms with Crippen LogP contribution in [0.5, 0.6) is 11.6 Å². The van der Waals surface area contributed by atoms with Crippen molar-refractivity contribution in [3.05, 3.63) is 94.3 Å². The molecule has 0 radical (unpaired) electrons. The Morgan fingerprint density at radius 1 is 1.13 bits per heavy atom. The van der Waals surface area contributed by atoms with Gasteiger partial charge >= 0.3 is 6.18 Å². The number of likely N-dealkylation sites (N-methyl/N-ethyl adjacent to an activating group) is 1. The summed E-state index contributed by atoms with van der Waals surface area (Å²) in [6.07, 6.45) is 0.574. The second-order valence-electron chi connectivity index (χ2n) is 10.8. The average Bonchev–Trinajstić information content (AvgIpc) is 3.48. The van der Waals surface area contributed by atoms with Crippen molar-refractivity contribution in [3.8, 4) is 11.6 Å². The van der Waals surface area contributed by atoms with Crippen LogP contribution in [-0.2, 0) is 12.7 Å². The summed E-state index contributed by atoms with van der Waals surface area (Å²) in [5.74, 6) is 0.568. The number of amides is 1. The van der Waals surface area contributed by atoms with Crippen LogP contribution in [-0.4, -0.2) is 65.6 Å². The summed E-state index contributed by atoms with van der Waals surface area (Å²) in [6, 6.07) is 10.5. The van der Waals surface area contributed by atoms with Crippen molar-refractivity contribution < 1.29 is 22.7 Å². The van der Waals surface area contributed by atoms with Crippen LogP contribution in [0.1, 0.15) is 39.8 Å². The Labute approximate surface area is 263 Å². The van der Waals surface area contributed by atoms with Gasteiger partial charge in [0.1, 0.15) is 10.4 Å². The molecule has 0 unspecified atom stereocenters. The van der Waals surface area contributed by atoms with Crippen molar-refractivity contribution in [1.82, 2.24) is 19.8 Å². The van der Waals surface area contributed by atoms with E-state index >= 15 is 0 Å². The number of anilines is 1. The average molecular weight is 635 g/mol. The lowest BCUT2D eigenvalue weighted by molar-refractivity contribution is -0.137. The largest absolute Gasteiger partial charge is 0.437 e. The number of thiophene rings is 1. The standard InChI is InChI=1S/C33H33F3N6O2S/c1-5-23(8-10-37-3)30-39-27-9-15-45-29(27)32(40-30)44-28-18-24(7-6-21(28)2)31(43)38-26-17-22(16-25(19-26)33(34,35)36)20-42-13-11-41(4)12-14-42/h5-10,15-19H,3,11-14,20H2,1-2,4H3,(H,38,43)/b10-8-,23-5+. The summed E-state index contributed by atoms with van der Waals surface area (Å²) < 4.78 is 48.5. The molecule has 5 rings (SSSR count). The number of benzene rings is 2. The molecule has 4 aromatic rings. The van der Waals surface area contributed by atoms with E-state index in [2.05, 4.69) is 36.8 Å². The van der Waals surface area contributed by atoms with Gasteiger partial charge in [-0.15, -0.1) is 11.3 Å². The number of hydrogen-bond donors (Lipinski definition) is 1. The number of nitrogens with one attached hydrogen (secondary N) is 1. The molecule has 1 aliphatic heterocycles. The highest BCUT2D eigenvalue weighted by Crippen LogP contribution is 2.35. The summed E-state index contributed by atoms with van der Waals surface area (Å²) in [4.78, 5) is 30.7. The molecule has 0 atom stereocenters. The number of alkyl halides is 3. The van der Waals surface area contributed by atoms with Crippen LogP contribution in [0.25, 0.3) is 15.8 Å². The zero-order valence-corrected chi connectivity index (χ0v) is 26.0. The number of aromatic nitrogens is 2. The normalized spacial score (nSPS) is 15.1. The first-order chi connectivity index (χ1) is 21.5. The second-order valence-corrected chi connectivity index (χ2v) is 11.7. The van der Waals surface area contributed by atoms with Gasteiger partial charge in [-0.2, -0.15) is 18.2 Å². The summed E-state index contributed by atoms with van der Waals surface area (Å²) in [5, 5.41) is 4.55. The number of halogens is 3. The molecule has 1 amide bonds. The minimum absolute atomic E-state index is 0.0729. The zero-order chi connectivity index (χ0) is 32.1. The number of hydrogen-bond acceptors (Lipinski definition) is 8. The van der Waals surface area contributed by atoms with Crippen molar-refractivity contribution >= 4 is 45.4 Å². The van der Waals surface area contributed by atoms with Crippen molar-refractivity contribution in [3.63, 3.8) is 0 Å². The van der Waals surface area contributed by atoms with E-state index in [0.29, 0.717) is 35.1 Å². The predicted octanol–water partition coefficient (Wildman–Crippen LogP) is 7.43. The van der Waals surface area contributed by atoms with Crippen molar-refractivity contribution in [2.24, 2.45) is 4.99 Å². The number of carbonyl (C=O) groups excluding carboxylic acids is 1. The molecule has 0 saturated carbocycles. The number of piperazine rings is 1. The lowest BCUT2D eigenvalue weighted by Crippen LogP contribution is -2.43. The van der Waals surface area contributed by atoms with Crippen LogP contribution in [0, 0.1) is 6.92 Å². The Kier molecular flexibility index (Phi) is 9.76. The van der Waals surface area contributed by atoms with Gasteiger partial charge in [-0.25, -0.2) is 4.98 Å². The quantitative estimate of drug-likeness (QED) is 0.152. The molecular weight excluding hydrogens is 601 g/mol. The Balaban J connectivity index is 1.41.